The van der Waals surface area contributed by atoms with E-state index in [0.29, 0.717) is 25.1 Å². The second-order valence-electron chi connectivity index (χ2n) is 5.09. The summed E-state index contributed by atoms with van der Waals surface area (Å²) < 4.78 is 0. The van der Waals surface area contributed by atoms with Crippen LogP contribution < -0.4 is 10.2 Å². The van der Waals surface area contributed by atoms with Crippen LogP contribution in [0.2, 0.25) is 0 Å². The second kappa shape index (κ2) is 4.79. The average Bonchev–Trinajstić information content (AvgIpc) is 3.14. The van der Waals surface area contributed by atoms with Crippen molar-refractivity contribution in [3.05, 3.63) is 18.0 Å². The minimum Gasteiger partial charge on any atom is -0.388 e. The Morgan fingerprint density at radius 3 is 2.33 bits per heavy atom. The number of aromatic nitrogens is 2. The first-order valence-corrected chi connectivity index (χ1v) is 6.38. The monoisotopic (exact) mass is 250 g/mol. The van der Waals surface area contributed by atoms with E-state index in [9.17, 15) is 10.2 Å². The number of aliphatic hydroxyl groups is 2. The summed E-state index contributed by atoms with van der Waals surface area (Å²) in [6, 6.07) is 0.675. The Kier molecular flexibility index (Phi) is 3.15. The smallest absolute Gasteiger partial charge is 0.225 e. The van der Waals surface area contributed by atoms with Gasteiger partial charge in [0.15, 0.2) is 0 Å². The summed E-state index contributed by atoms with van der Waals surface area (Å²) in [7, 11) is 0. The highest BCUT2D eigenvalue weighted by atomic mass is 16.3. The SMILES string of the molecule is OC1CN(c2ncc(CNC3CC3)cn2)CC1O. The zero-order chi connectivity index (χ0) is 12.5. The van der Waals surface area contributed by atoms with Gasteiger partial charge in [-0.3, -0.25) is 0 Å². The third-order valence-corrected chi connectivity index (χ3v) is 3.41. The van der Waals surface area contributed by atoms with Crippen LogP contribution in [-0.2, 0) is 6.54 Å². The lowest BCUT2D eigenvalue weighted by Gasteiger charge is -2.14. The van der Waals surface area contributed by atoms with Gasteiger partial charge in [0.05, 0.1) is 12.2 Å². The molecule has 2 atom stereocenters. The molecule has 98 valence electrons. The summed E-state index contributed by atoms with van der Waals surface area (Å²) in [4.78, 5) is 10.4. The molecule has 1 saturated heterocycles. The molecular formula is C12H18N4O2. The van der Waals surface area contributed by atoms with Crippen LogP contribution in [0, 0.1) is 0 Å². The number of aliphatic hydroxyl groups excluding tert-OH is 2. The molecule has 2 unspecified atom stereocenters. The minimum atomic E-state index is -0.704. The molecule has 3 N–H and O–H groups in total. The summed E-state index contributed by atoms with van der Waals surface area (Å²) in [5.41, 5.74) is 1.06. The molecule has 0 radical (unpaired) electrons. The summed E-state index contributed by atoms with van der Waals surface area (Å²) in [5, 5.41) is 22.4. The molecule has 2 fully saturated rings. The summed E-state index contributed by atoms with van der Waals surface area (Å²) in [5.74, 6) is 0.570. The molecule has 0 aromatic carbocycles. The quantitative estimate of drug-likeness (QED) is 0.653. The van der Waals surface area contributed by atoms with Gasteiger partial charge in [-0.15, -0.1) is 0 Å². The number of nitrogens with one attached hydrogen (secondary N) is 1. The van der Waals surface area contributed by atoms with Crippen LogP contribution in [0.5, 0.6) is 0 Å². The van der Waals surface area contributed by atoms with E-state index < -0.39 is 12.2 Å². The topological polar surface area (TPSA) is 81.5 Å². The fourth-order valence-corrected chi connectivity index (χ4v) is 2.08. The van der Waals surface area contributed by atoms with Gasteiger partial charge in [0.1, 0.15) is 0 Å². The lowest BCUT2D eigenvalue weighted by atomic mass is 10.3. The summed E-state index contributed by atoms with van der Waals surface area (Å²) in [6.45, 7) is 1.58. The zero-order valence-corrected chi connectivity index (χ0v) is 10.2. The first kappa shape index (κ1) is 11.8. The van der Waals surface area contributed by atoms with Gasteiger partial charge in [-0.2, -0.15) is 0 Å². The van der Waals surface area contributed by atoms with Crippen molar-refractivity contribution in [1.29, 1.82) is 0 Å². The number of hydrogen-bond donors (Lipinski definition) is 3. The molecule has 3 rings (SSSR count). The predicted octanol–water partition coefficient (Wildman–Crippen LogP) is -0.730. The van der Waals surface area contributed by atoms with E-state index in [1.165, 1.54) is 12.8 Å². The first-order valence-electron chi connectivity index (χ1n) is 6.38. The second-order valence-corrected chi connectivity index (χ2v) is 5.09. The molecule has 1 aliphatic carbocycles. The van der Waals surface area contributed by atoms with Crippen molar-refractivity contribution in [1.82, 2.24) is 15.3 Å². The van der Waals surface area contributed by atoms with E-state index in [-0.39, 0.29) is 0 Å². The molecule has 2 heterocycles. The first-order chi connectivity index (χ1) is 8.72. The van der Waals surface area contributed by atoms with Crippen molar-refractivity contribution in [3.8, 4) is 0 Å². The number of hydrogen-bond acceptors (Lipinski definition) is 6. The van der Waals surface area contributed by atoms with Crippen LogP contribution in [0.25, 0.3) is 0 Å². The highest BCUT2D eigenvalue weighted by molar-refractivity contribution is 5.33. The van der Waals surface area contributed by atoms with E-state index in [4.69, 9.17) is 0 Å². The summed E-state index contributed by atoms with van der Waals surface area (Å²) in [6.07, 6.45) is 4.73. The van der Waals surface area contributed by atoms with Crippen molar-refractivity contribution < 1.29 is 10.2 Å². The Morgan fingerprint density at radius 2 is 1.78 bits per heavy atom. The Balaban J connectivity index is 1.59. The Labute approximate surface area is 106 Å². The van der Waals surface area contributed by atoms with E-state index >= 15 is 0 Å². The molecule has 1 aromatic rings. The maximum atomic E-state index is 9.48. The van der Waals surface area contributed by atoms with Crippen LogP contribution >= 0.6 is 0 Å². The Morgan fingerprint density at radius 1 is 1.17 bits per heavy atom. The average molecular weight is 250 g/mol. The number of β-amino-alcohol motifs (C(OH)–C–C–N with tert-alkyl or cyclic N) is 2. The Hall–Kier alpha value is -1.24. The molecule has 0 spiro atoms. The predicted molar refractivity (Wildman–Crippen MR) is 66.1 cm³/mol. The van der Waals surface area contributed by atoms with E-state index in [1.54, 1.807) is 17.3 Å². The molecular weight excluding hydrogens is 232 g/mol. The van der Waals surface area contributed by atoms with Crippen molar-refractivity contribution >= 4 is 5.95 Å². The lowest BCUT2D eigenvalue weighted by Crippen LogP contribution is -2.23. The van der Waals surface area contributed by atoms with Gasteiger partial charge in [0.25, 0.3) is 0 Å². The largest absolute Gasteiger partial charge is 0.388 e. The summed E-state index contributed by atoms with van der Waals surface area (Å²) >= 11 is 0. The van der Waals surface area contributed by atoms with Gasteiger partial charge in [-0.05, 0) is 12.8 Å². The lowest BCUT2D eigenvalue weighted by molar-refractivity contribution is 0.0572. The van der Waals surface area contributed by atoms with Gasteiger partial charge in [0, 0.05) is 43.6 Å². The van der Waals surface area contributed by atoms with E-state index in [1.807, 2.05) is 0 Å². The highest BCUT2D eigenvalue weighted by Crippen LogP contribution is 2.19. The van der Waals surface area contributed by atoms with Crippen molar-refractivity contribution in [3.63, 3.8) is 0 Å². The molecule has 0 bridgehead atoms. The molecule has 6 nitrogen and oxygen atoms in total. The normalized spacial score (nSPS) is 27.8. The zero-order valence-electron chi connectivity index (χ0n) is 10.2. The standard InChI is InChI=1S/C12H18N4O2/c17-10-6-16(7-11(10)18)12-14-4-8(5-15-12)3-13-9-1-2-9/h4-5,9-11,13,17-18H,1-3,6-7H2. The molecule has 2 aliphatic rings. The highest BCUT2D eigenvalue weighted by Gasteiger charge is 2.30. The van der Waals surface area contributed by atoms with E-state index in [0.717, 1.165) is 12.1 Å². The van der Waals surface area contributed by atoms with Gasteiger partial charge < -0.3 is 20.4 Å². The van der Waals surface area contributed by atoms with Gasteiger partial charge in [0.2, 0.25) is 5.95 Å². The van der Waals surface area contributed by atoms with Crippen LogP contribution in [0.3, 0.4) is 0 Å². The van der Waals surface area contributed by atoms with Crippen LogP contribution in [0.4, 0.5) is 5.95 Å². The molecule has 0 amide bonds. The fraction of sp³-hybridized carbons (Fsp3) is 0.667. The van der Waals surface area contributed by atoms with Crippen LogP contribution in [-0.4, -0.2) is 51.5 Å². The Bertz CT molecular complexity index is 397. The van der Waals surface area contributed by atoms with Crippen molar-refractivity contribution in [2.75, 3.05) is 18.0 Å². The molecule has 18 heavy (non-hydrogen) atoms. The minimum absolute atomic E-state index is 0.390. The van der Waals surface area contributed by atoms with Gasteiger partial charge in [-0.25, -0.2) is 9.97 Å². The van der Waals surface area contributed by atoms with Crippen molar-refractivity contribution in [2.24, 2.45) is 0 Å². The molecule has 1 aliphatic heterocycles. The molecule has 6 heteroatoms. The van der Waals surface area contributed by atoms with Crippen LogP contribution in [0.15, 0.2) is 12.4 Å². The van der Waals surface area contributed by atoms with Crippen molar-refractivity contribution in [2.45, 2.75) is 37.6 Å². The molecule has 1 aromatic heterocycles. The van der Waals surface area contributed by atoms with Crippen LogP contribution in [0.1, 0.15) is 18.4 Å². The van der Waals surface area contributed by atoms with Gasteiger partial charge in [-0.1, -0.05) is 0 Å². The van der Waals surface area contributed by atoms with Gasteiger partial charge >= 0.3 is 0 Å². The number of rotatable bonds is 4. The molecule has 1 saturated carbocycles. The maximum Gasteiger partial charge on any atom is 0.225 e. The third kappa shape index (κ3) is 2.60. The van der Waals surface area contributed by atoms with E-state index in [2.05, 4.69) is 15.3 Å². The fourth-order valence-electron chi connectivity index (χ4n) is 2.08. The maximum absolute atomic E-state index is 9.48. The third-order valence-electron chi connectivity index (χ3n) is 3.41. The number of nitrogens with zero attached hydrogens (tertiary/aromatic N) is 3. The number of anilines is 1.